The molecule has 0 spiro atoms. The Balaban J connectivity index is 1.76. The zero-order chi connectivity index (χ0) is 18.7. The van der Waals surface area contributed by atoms with Crippen molar-refractivity contribution in [2.24, 2.45) is 0 Å². The third kappa shape index (κ3) is 3.59. The molecule has 2 aromatic heterocycles. The van der Waals surface area contributed by atoms with Crippen molar-refractivity contribution in [3.63, 3.8) is 0 Å². The predicted molar refractivity (Wildman–Crippen MR) is 106 cm³/mol. The van der Waals surface area contributed by atoms with Crippen molar-refractivity contribution in [2.75, 3.05) is 20.6 Å². The molecule has 0 bridgehead atoms. The van der Waals surface area contributed by atoms with Crippen LogP contribution in [0.4, 0.5) is 0 Å². The highest BCUT2D eigenvalue weighted by Gasteiger charge is 2.18. The van der Waals surface area contributed by atoms with Gasteiger partial charge in [0.1, 0.15) is 6.54 Å². The molecule has 0 unspecified atom stereocenters. The number of aryl methyl sites for hydroxylation is 1. The van der Waals surface area contributed by atoms with E-state index in [0.29, 0.717) is 13.1 Å². The van der Waals surface area contributed by atoms with Crippen molar-refractivity contribution < 1.29 is 4.79 Å². The van der Waals surface area contributed by atoms with Crippen LogP contribution >= 0.6 is 11.3 Å². The van der Waals surface area contributed by atoms with Crippen molar-refractivity contribution in [2.45, 2.75) is 26.1 Å². The first-order chi connectivity index (χ1) is 12.5. The maximum Gasteiger partial charge on any atom is 0.329 e. The van der Waals surface area contributed by atoms with E-state index in [-0.39, 0.29) is 24.2 Å². The molecule has 138 valence electrons. The van der Waals surface area contributed by atoms with Gasteiger partial charge in [-0.2, -0.15) is 11.3 Å². The quantitative estimate of drug-likeness (QED) is 0.692. The van der Waals surface area contributed by atoms with Crippen LogP contribution in [0.3, 0.4) is 0 Å². The normalized spacial score (nSPS) is 12.6. The number of rotatable bonds is 7. The molecule has 1 N–H and O–H groups in total. The van der Waals surface area contributed by atoms with Gasteiger partial charge >= 0.3 is 5.69 Å². The highest BCUT2D eigenvalue weighted by atomic mass is 32.1. The lowest BCUT2D eigenvalue weighted by Crippen LogP contribution is -2.37. The van der Waals surface area contributed by atoms with E-state index < -0.39 is 0 Å². The Labute approximate surface area is 156 Å². The molecule has 2 heterocycles. The summed E-state index contributed by atoms with van der Waals surface area (Å²) >= 11 is 1.64. The molecule has 26 heavy (non-hydrogen) atoms. The Hall–Kier alpha value is -2.38. The van der Waals surface area contributed by atoms with E-state index in [1.807, 2.05) is 50.7 Å². The fourth-order valence-corrected chi connectivity index (χ4v) is 3.91. The number of fused-ring (bicyclic) bond motifs is 1. The minimum atomic E-state index is -0.159. The van der Waals surface area contributed by atoms with Crippen molar-refractivity contribution >= 4 is 28.3 Å². The highest BCUT2D eigenvalue weighted by molar-refractivity contribution is 7.07. The third-order valence-corrected chi connectivity index (χ3v) is 5.29. The summed E-state index contributed by atoms with van der Waals surface area (Å²) in [5.41, 5.74) is 2.68. The molecule has 0 fully saturated rings. The van der Waals surface area contributed by atoms with Gasteiger partial charge in [-0.05, 0) is 55.5 Å². The minimum Gasteiger partial charge on any atom is -0.353 e. The lowest BCUT2D eigenvalue weighted by molar-refractivity contribution is -0.121. The first-order valence-corrected chi connectivity index (χ1v) is 9.60. The molecule has 0 saturated carbocycles. The van der Waals surface area contributed by atoms with Gasteiger partial charge in [0.2, 0.25) is 5.91 Å². The van der Waals surface area contributed by atoms with E-state index >= 15 is 0 Å². The molecule has 6 nitrogen and oxygen atoms in total. The minimum absolute atomic E-state index is 0.0239. The van der Waals surface area contributed by atoms with Gasteiger partial charge in [0.15, 0.2) is 0 Å². The van der Waals surface area contributed by atoms with E-state index in [0.717, 1.165) is 11.0 Å². The average Bonchev–Trinajstić information content (AvgIpc) is 3.23. The van der Waals surface area contributed by atoms with Crippen LogP contribution in [0.5, 0.6) is 0 Å². The smallest absolute Gasteiger partial charge is 0.329 e. The monoisotopic (exact) mass is 372 g/mol. The largest absolute Gasteiger partial charge is 0.353 e. The van der Waals surface area contributed by atoms with E-state index in [1.165, 1.54) is 5.56 Å². The second-order valence-electron chi connectivity index (χ2n) is 6.44. The number of imidazole rings is 1. The number of nitrogens with zero attached hydrogens (tertiary/aromatic N) is 3. The molecule has 1 amide bonds. The second-order valence-corrected chi connectivity index (χ2v) is 7.22. The Morgan fingerprint density at radius 1 is 1.19 bits per heavy atom. The number of benzene rings is 1. The number of hydrogen-bond donors (Lipinski definition) is 1. The number of amides is 1. The second kappa shape index (κ2) is 7.88. The summed E-state index contributed by atoms with van der Waals surface area (Å²) in [4.78, 5) is 27.2. The van der Waals surface area contributed by atoms with Crippen LogP contribution in [0, 0.1) is 0 Å². The third-order valence-electron chi connectivity index (χ3n) is 4.59. The molecule has 0 aliphatic carbocycles. The van der Waals surface area contributed by atoms with Gasteiger partial charge in [-0.15, -0.1) is 0 Å². The predicted octanol–water partition coefficient (Wildman–Crippen LogP) is 2.30. The Morgan fingerprint density at radius 3 is 2.46 bits per heavy atom. The molecule has 0 aliphatic heterocycles. The summed E-state index contributed by atoms with van der Waals surface area (Å²) in [6, 6.07) is 9.76. The lowest BCUT2D eigenvalue weighted by Gasteiger charge is -2.24. The molecule has 3 rings (SSSR count). The summed E-state index contributed by atoms with van der Waals surface area (Å²) < 4.78 is 3.24. The number of thiophene rings is 1. The number of hydrogen-bond acceptors (Lipinski definition) is 4. The van der Waals surface area contributed by atoms with E-state index in [4.69, 9.17) is 0 Å². The molecule has 0 aliphatic rings. The summed E-state index contributed by atoms with van der Waals surface area (Å²) in [5.74, 6) is -0.159. The van der Waals surface area contributed by atoms with Crippen molar-refractivity contribution in [1.82, 2.24) is 19.4 Å². The first kappa shape index (κ1) is 18.4. The zero-order valence-electron chi connectivity index (χ0n) is 15.3. The van der Waals surface area contributed by atoms with Crippen molar-refractivity contribution in [3.05, 3.63) is 57.1 Å². The SMILES string of the molecule is CCn1c(=O)n(CC(=O)NC[C@H](c2ccsc2)N(C)C)c2ccccc21. The maximum absolute atomic E-state index is 12.6. The fourth-order valence-electron chi connectivity index (χ4n) is 3.20. The molecule has 1 aromatic carbocycles. The Morgan fingerprint density at radius 2 is 1.88 bits per heavy atom. The van der Waals surface area contributed by atoms with E-state index in [1.54, 1.807) is 20.5 Å². The molecular formula is C19H24N4O2S. The number of likely N-dealkylation sites (N-methyl/N-ethyl adjacent to an activating group) is 1. The molecular weight excluding hydrogens is 348 g/mol. The van der Waals surface area contributed by atoms with Crippen LogP contribution in [0.2, 0.25) is 0 Å². The molecule has 0 saturated heterocycles. The van der Waals surface area contributed by atoms with E-state index in [2.05, 4.69) is 21.7 Å². The van der Waals surface area contributed by atoms with Crippen LogP contribution in [-0.2, 0) is 17.9 Å². The molecule has 0 radical (unpaired) electrons. The van der Waals surface area contributed by atoms with Crippen molar-refractivity contribution in [1.29, 1.82) is 0 Å². The number of aromatic nitrogens is 2. The highest BCUT2D eigenvalue weighted by Crippen LogP contribution is 2.20. The van der Waals surface area contributed by atoms with Crippen molar-refractivity contribution in [3.8, 4) is 0 Å². The van der Waals surface area contributed by atoms with E-state index in [9.17, 15) is 9.59 Å². The lowest BCUT2D eigenvalue weighted by atomic mass is 10.1. The van der Waals surface area contributed by atoms with Gasteiger partial charge in [-0.25, -0.2) is 4.79 Å². The zero-order valence-corrected chi connectivity index (χ0v) is 16.1. The van der Waals surface area contributed by atoms with Crippen LogP contribution in [0.25, 0.3) is 11.0 Å². The van der Waals surface area contributed by atoms with Gasteiger partial charge in [-0.1, -0.05) is 12.1 Å². The summed E-state index contributed by atoms with van der Waals surface area (Å²) in [7, 11) is 3.99. The van der Waals surface area contributed by atoms with Gasteiger partial charge in [0.05, 0.1) is 17.1 Å². The van der Waals surface area contributed by atoms with Gasteiger partial charge in [-0.3, -0.25) is 13.9 Å². The van der Waals surface area contributed by atoms with Crippen LogP contribution in [0.15, 0.2) is 45.9 Å². The number of carbonyl (C=O) groups excluding carboxylic acids is 1. The topological polar surface area (TPSA) is 59.3 Å². The van der Waals surface area contributed by atoms with Crippen LogP contribution < -0.4 is 11.0 Å². The fraction of sp³-hybridized carbons (Fsp3) is 0.368. The number of para-hydroxylation sites is 2. The average molecular weight is 372 g/mol. The number of nitrogens with one attached hydrogen (secondary N) is 1. The van der Waals surface area contributed by atoms with Crippen LogP contribution in [-0.4, -0.2) is 40.6 Å². The van der Waals surface area contributed by atoms with Gasteiger partial charge < -0.3 is 10.2 Å². The molecule has 7 heteroatoms. The summed E-state index contributed by atoms with van der Waals surface area (Å²) in [5, 5.41) is 7.10. The molecule has 1 atom stereocenters. The van der Waals surface area contributed by atoms with Crippen LogP contribution in [0.1, 0.15) is 18.5 Å². The standard InChI is InChI=1S/C19H24N4O2S/c1-4-22-15-7-5-6-8-16(15)23(19(22)25)12-18(24)20-11-17(21(2)3)14-9-10-26-13-14/h5-10,13,17H,4,11-12H2,1-3H3,(H,20,24)/t17-/m1/s1. The maximum atomic E-state index is 12.6. The first-order valence-electron chi connectivity index (χ1n) is 8.66. The van der Waals surface area contributed by atoms with Gasteiger partial charge in [0, 0.05) is 13.1 Å². The number of carbonyl (C=O) groups is 1. The molecule has 3 aromatic rings. The summed E-state index contributed by atoms with van der Waals surface area (Å²) in [6.07, 6.45) is 0. The Bertz CT molecular complexity index is 940. The van der Waals surface area contributed by atoms with Gasteiger partial charge in [0.25, 0.3) is 0 Å². The summed E-state index contributed by atoms with van der Waals surface area (Å²) in [6.45, 7) is 3.04. The Kier molecular flexibility index (Phi) is 5.58.